The molecule has 1 N–H and O–H groups in total. The average Bonchev–Trinajstić information content (AvgIpc) is 2.81. The van der Waals surface area contributed by atoms with Crippen molar-refractivity contribution in [3.05, 3.63) is 58.9 Å². The van der Waals surface area contributed by atoms with Gasteiger partial charge in [-0.2, -0.15) is 0 Å². The first-order valence-electron chi connectivity index (χ1n) is 6.96. The van der Waals surface area contributed by atoms with Crippen LogP contribution in [0.1, 0.15) is 16.7 Å². The van der Waals surface area contributed by atoms with Gasteiger partial charge in [0, 0.05) is 31.5 Å². The summed E-state index contributed by atoms with van der Waals surface area (Å²) in [6.07, 6.45) is 1.12. The van der Waals surface area contributed by atoms with Gasteiger partial charge in [0.15, 0.2) is 0 Å². The zero-order valence-electron chi connectivity index (χ0n) is 11.9. The number of nitrogens with zero attached hydrogens (tertiary/aromatic N) is 1. The summed E-state index contributed by atoms with van der Waals surface area (Å²) in [4.78, 5) is 2.29. The number of nitrogens with one attached hydrogen (secondary N) is 1. The Morgan fingerprint density at radius 3 is 2.85 bits per heavy atom. The molecular weight excluding hydrogens is 251 g/mol. The van der Waals surface area contributed by atoms with Crippen LogP contribution in [-0.4, -0.2) is 13.6 Å². The minimum atomic E-state index is -0.156. The van der Waals surface area contributed by atoms with E-state index in [9.17, 15) is 4.39 Å². The normalized spacial score (nSPS) is 13.4. The lowest BCUT2D eigenvalue weighted by Crippen LogP contribution is -2.12. The first-order valence-corrected chi connectivity index (χ1v) is 6.96. The lowest BCUT2D eigenvalue weighted by Gasteiger charge is -2.13. The van der Waals surface area contributed by atoms with E-state index in [0.717, 1.165) is 25.2 Å². The molecule has 3 heteroatoms. The molecule has 0 atom stereocenters. The fourth-order valence-electron chi connectivity index (χ4n) is 2.69. The van der Waals surface area contributed by atoms with E-state index in [0.29, 0.717) is 5.56 Å². The third-order valence-electron chi connectivity index (χ3n) is 3.93. The van der Waals surface area contributed by atoms with Crippen LogP contribution in [0.25, 0.3) is 0 Å². The number of aryl methyl sites for hydroxylation is 1. The van der Waals surface area contributed by atoms with E-state index in [4.69, 9.17) is 0 Å². The average molecular weight is 270 g/mol. The van der Waals surface area contributed by atoms with Crippen LogP contribution < -0.4 is 10.2 Å². The van der Waals surface area contributed by atoms with Crippen molar-refractivity contribution < 1.29 is 4.39 Å². The van der Waals surface area contributed by atoms with E-state index < -0.39 is 0 Å². The molecule has 0 spiro atoms. The molecule has 0 saturated carbocycles. The molecule has 3 rings (SSSR count). The molecule has 0 aromatic heterocycles. The smallest absolute Gasteiger partial charge is 0.126 e. The number of benzene rings is 2. The number of anilines is 2. The summed E-state index contributed by atoms with van der Waals surface area (Å²) in [5.41, 5.74) is 5.65. The Morgan fingerprint density at radius 1 is 1.20 bits per heavy atom. The van der Waals surface area contributed by atoms with Crippen molar-refractivity contribution in [2.45, 2.75) is 19.9 Å². The Labute approximate surface area is 119 Å². The fourth-order valence-corrected chi connectivity index (χ4v) is 2.69. The van der Waals surface area contributed by atoms with Crippen LogP contribution in [0.15, 0.2) is 36.4 Å². The van der Waals surface area contributed by atoms with Crippen LogP contribution >= 0.6 is 0 Å². The quantitative estimate of drug-likeness (QED) is 0.914. The van der Waals surface area contributed by atoms with Crippen LogP contribution in [0.3, 0.4) is 0 Å². The number of likely N-dealkylation sites (N-methyl/N-ethyl adjacent to an activating group) is 1. The first kappa shape index (κ1) is 13.0. The molecule has 0 radical (unpaired) electrons. The predicted octanol–water partition coefficient (Wildman–Crippen LogP) is 3.74. The highest BCUT2D eigenvalue weighted by Gasteiger charge is 2.15. The van der Waals surface area contributed by atoms with Gasteiger partial charge < -0.3 is 10.2 Å². The number of hydrogen-bond donors (Lipinski definition) is 1. The van der Waals surface area contributed by atoms with Gasteiger partial charge >= 0.3 is 0 Å². The molecule has 0 fully saturated rings. The summed E-state index contributed by atoms with van der Waals surface area (Å²) < 4.78 is 13.2. The number of fused-ring (bicyclic) bond motifs is 1. The van der Waals surface area contributed by atoms with Gasteiger partial charge in [-0.15, -0.1) is 0 Å². The van der Waals surface area contributed by atoms with Gasteiger partial charge in [-0.1, -0.05) is 12.1 Å². The molecule has 1 aliphatic heterocycles. The van der Waals surface area contributed by atoms with Crippen LogP contribution in [0.2, 0.25) is 0 Å². The lowest BCUT2D eigenvalue weighted by atomic mass is 10.1. The largest absolute Gasteiger partial charge is 0.381 e. The van der Waals surface area contributed by atoms with E-state index in [-0.39, 0.29) is 5.82 Å². The van der Waals surface area contributed by atoms with Gasteiger partial charge in [0.1, 0.15) is 5.82 Å². The van der Waals surface area contributed by atoms with Gasteiger partial charge in [-0.3, -0.25) is 0 Å². The van der Waals surface area contributed by atoms with Crippen LogP contribution in [0, 0.1) is 12.7 Å². The SMILES string of the molecule is Cc1cc(NCc2ccc3c(c2)CCN3C)ccc1F. The highest BCUT2D eigenvalue weighted by molar-refractivity contribution is 5.58. The monoisotopic (exact) mass is 270 g/mol. The summed E-state index contributed by atoms with van der Waals surface area (Å²) in [5, 5.41) is 3.35. The molecular formula is C17H19FN2. The highest BCUT2D eigenvalue weighted by atomic mass is 19.1. The number of halogens is 1. The molecule has 0 amide bonds. The Bertz CT molecular complexity index is 637. The molecule has 1 heterocycles. The van der Waals surface area contributed by atoms with Gasteiger partial charge in [0.2, 0.25) is 0 Å². The molecule has 2 aromatic carbocycles. The zero-order chi connectivity index (χ0) is 14.1. The summed E-state index contributed by atoms with van der Waals surface area (Å²) in [6, 6.07) is 11.7. The van der Waals surface area contributed by atoms with Crippen LogP contribution in [-0.2, 0) is 13.0 Å². The molecule has 20 heavy (non-hydrogen) atoms. The molecule has 104 valence electrons. The predicted molar refractivity (Wildman–Crippen MR) is 81.9 cm³/mol. The first-order chi connectivity index (χ1) is 9.63. The van der Waals surface area contributed by atoms with Crippen LogP contribution in [0.4, 0.5) is 15.8 Å². The Balaban J connectivity index is 1.71. The molecule has 0 unspecified atom stereocenters. The van der Waals surface area contributed by atoms with Crippen molar-refractivity contribution in [3.63, 3.8) is 0 Å². The number of rotatable bonds is 3. The lowest BCUT2D eigenvalue weighted by molar-refractivity contribution is 0.618. The van der Waals surface area contributed by atoms with Gasteiger partial charge in [0.25, 0.3) is 0 Å². The van der Waals surface area contributed by atoms with E-state index >= 15 is 0 Å². The second-order valence-corrected chi connectivity index (χ2v) is 5.45. The molecule has 0 bridgehead atoms. The van der Waals surface area contributed by atoms with E-state index in [1.807, 2.05) is 6.07 Å². The van der Waals surface area contributed by atoms with E-state index in [2.05, 4.69) is 35.5 Å². The van der Waals surface area contributed by atoms with Crippen molar-refractivity contribution in [2.24, 2.45) is 0 Å². The van der Waals surface area contributed by atoms with Crippen molar-refractivity contribution in [3.8, 4) is 0 Å². The number of hydrogen-bond acceptors (Lipinski definition) is 2. The highest BCUT2D eigenvalue weighted by Crippen LogP contribution is 2.27. The minimum absolute atomic E-state index is 0.156. The third kappa shape index (κ3) is 2.48. The maximum absolute atomic E-state index is 13.2. The molecule has 0 saturated heterocycles. The molecule has 2 aromatic rings. The maximum Gasteiger partial charge on any atom is 0.126 e. The summed E-state index contributed by atoms with van der Waals surface area (Å²) in [6.45, 7) is 3.65. The molecule has 2 nitrogen and oxygen atoms in total. The van der Waals surface area contributed by atoms with Gasteiger partial charge in [-0.25, -0.2) is 4.39 Å². The van der Waals surface area contributed by atoms with Crippen molar-refractivity contribution in [2.75, 3.05) is 23.8 Å². The molecule has 1 aliphatic rings. The fraction of sp³-hybridized carbons (Fsp3) is 0.294. The van der Waals surface area contributed by atoms with Crippen molar-refractivity contribution in [1.29, 1.82) is 0 Å². The van der Waals surface area contributed by atoms with E-state index in [1.54, 1.807) is 13.0 Å². The zero-order valence-corrected chi connectivity index (χ0v) is 11.9. The van der Waals surface area contributed by atoms with Crippen molar-refractivity contribution in [1.82, 2.24) is 0 Å². The summed E-state index contributed by atoms with van der Waals surface area (Å²) >= 11 is 0. The maximum atomic E-state index is 13.2. The topological polar surface area (TPSA) is 15.3 Å². The standard InChI is InChI=1S/C17H19FN2/c1-12-9-15(4-5-16(12)18)19-11-13-3-6-17-14(10-13)7-8-20(17)2/h3-6,9-10,19H,7-8,11H2,1-2H3. The third-order valence-corrected chi connectivity index (χ3v) is 3.93. The Kier molecular flexibility index (Phi) is 3.35. The Hall–Kier alpha value is -2.03. The summed E-state index contributed by atoms with van der Waals surface area (Å²) in [5.74, 6) is -0.156. The molecule has 0 aliphatic carbocycles. The van der Waals surface area contributed by atoms with Gasteiger partial charge in [-0.05, 0) is 54.3 Å². The van der Waals surface area contributed by atoms with Crippen LogP contribution in [0.5, 0.6) is 0 Å². The summed E-state index contributed by atoms with van der Waals surface area (Å²) in [7, 11) is 2.13. The van der Waals surface area contributed by atoms with E-state index in [1.165, 1.54) is 22.9 Å². The minimum Gasteiger partial charge on any atom is -0.381 e. The van der Waals surface area contributed by atoms with Gasteiger partial charge in [0.05, 0.1) is 0 Å². The second kappa shape index (κ2) is 5.16. The second-order valence-electron chi connectivity index (χ2n) is 5.45. The Morgan fingerprint density at radius 2 is 2.05 bits per heavy atom. The van der Waals surface area contributed by atoms with Crippen molar-refractivity contribution >= 4 is 11.4 Å².